The highest BCUT2D eigenvalue weighted by atomic mass is 35.5. The van der Waals surface area contributed by atoms with E-state index in [4.69, 9.17) is 16.7 Å². The van der Waals surface area contributed by atoms with Crippen LogP contribution in [0.15, 0.2) is 23.3 Å². The first-order chi connectivity index (χ1) is 8.73. The van der Waals surface area contributed by atoms with Gasteiger partial charge < -0.3 is 15.5 Å². The molecule has 0 fully saturated rings. The Hall–Kier alpha value is -2.08. The van der Waals surface area contributed by atoms with Gasteiger partial charge in [-0.1, -0.05) is 11.6 Å². The van der Waals surface area contributed by atoms with Crippen LogP contribution in [0.25, 0.3) is 0 Å². The van der Waals surface area contributed by atoms with Crippen molar-refractivity contribution in [2.45, 2.75) is 13.8 Å². The summed E-state index contributed by atoms with van der Waals surface area (Å²) in [7, 11) is 0. The van der Waals surface area contributed by atoms with Crippen LogP contribution in [0, 0.1) is 5.82 Å². The number of halogens is 2. The number of aliphatic carboxylic acids is 1. The van der Waals surface area contributed by atoms with Crippen LogP contribution in [0.4, 0.5) is 10.1 Å². The molecule has 0 radical (unpaired) electrons. The van der Waals surface area contributed by atoms with Crippen molar-refractivity contribution in [1.29, 1.82) is 0 Å². The zero-order valence-electron chi connectivity index (χ0n) is 10.1. The lowest BCUT2D eigenvalue weighted by Gasteiger charge is -2.09. The molecule has 1 aromatic rings. The van der Waals surface area contributed by atoms with E-state index in [0.29, 0.717) is 0 Å². The molecule has 0 saturated heterocycles. The van der Waals surface area contributed by atoms with Crippen LogP contribution in [0.5, 0.6) is 5.75 Å². The Balaban J connectivity index is 3.05. The van der Waals surface area contributed by atoms with Crippen LogP contribution in [-0.2, 0) is 9.59 Å². The van der Waals surface area contributed by atoms with Crippen molar-refractivity contribution >= 4 is 29.2 Å². The van der Waals surface area contributed by atoms with Crippen molar-refractivity contribution < 1.29 is 24.2 Å². The van der Waals surface area contributed by atoms with E-state index in [-0.39, 0.29) is 21.9 Å². The Kier molecular flexibility index (Phi) is 4.50. The first-order valence-electron chi connectivity index (χ1n) is 5.14. The second kappa shape index (κ2) is 5.71. The molecule has 19 heavy (non-hydrogen) atoms. The standard InChI is InChI=1S/C12H11ClFNO4/c1-5(6(2)12(18)19)11(17)15-9-4-10(16)7(13)3-8(9)14/h3-4,16H,1-2H3,(H,15,17)(H,18,19). The maximum absolute atomic E-state index is 13.5. The summed E-state index contributed by atoms with van der Waals surface area (Å²) < 4.78 is 13.5. The summed E-state index contributed by atoms with van der Waals surface area (Å²) in [5, 5.41) is 20.0. The Labute approximate surface area is 113 Å². The molecule has 0 unspecified atom stereocenters. The Morgan fingerprint density at radius 3 is 2.37 bits per heavy atom. The Bertz CT molecular complexity index is 583. The van der Waals surface area contributed by atoms with E-state index < -0.39 is 23.4 Å². The normalized spacial score (nSPS) is 11.8. The first-order valence-corrected chi connectivity index (χ1v) is 5.52. The summed E-state index contributed by atoms with van der Waals surface area (Å²) in [6, 6.07) is 1.79. The number of phenolic OH excluding ortho intramolecular Hbond substituents is 1. The molecule has 0 saturated carbocycles. The average Bonchev–Trinajstić information content (AvgIpc) is 2.33. The third-order valence-corrected chi connectivity index (χ3v) is 2.81. The zero-order valence-corrected chi connectivity index (χ0v) is 10.9. The molecule has 1 aromatic carbocycles. The molecular formula is C12H11ClFNO4. The van der Waals surface area contributed by atoms with E-state index in [0.717, 1.165) is 12.1 Å². The predicted octanol–water partition coefficient (Wildman–Crippen LogP) is 2.54. The first kappa shape index (κ1) is 15.0. The average molecular weight is 288 g/mol. The number of nitrogens with one attached hydrogen (secondary N) is 1. The number of benzene rings is 1. The van der Waals surface area contributed by atoms with Crippen molar-refractivity contribution in [2.75, 3.05) is 5.32 Å². The number of anilines is 1. The number of carboxylic acid groups (broad SMARTS) is 1. The summed E-state index contributed by atoms with van der Waals surface area (Å²) in [5.41, 5.74) is -0.512. The molecule has 0 atom stereocenters. The number of carbonyl (C=O) groups is 2. The van der Waals surface area contributed by atoms with Crippen molar-refractivity contribution in [3.05, 3.63) is 34.1 Å². The quantitative estimate of drug-likeness (QED) is 0.746. The van der Waals surface area contributed by atoms with E-state index in [1.807, 2.05) is 0 Å². The van der Waals surface area contributed by atoms with E-state index in [1.54, 1.807) is 0 Å². The molecule has 3 N–H and O–H groups in total. The topological polar surface area (TPSA) is 86.6 Å². The number of aromatic hydroxyl groups is 1. The van der Waals surface area contributed by atoms with Gasteiger partial charge in [-0.25, -0.2) is 9.18 Å². The maximum Gasteiger partial charge on any atom is 0.331 e. The zero-order chi connectivity index (χ0) is 14.7. The number of hydrogen-bond donors (Lipinski definition) is 3. The number of rotatable bonds is 3. The molecule has 0 aromatic heterocycles. The number of hydrogen-bond acceptors (Lipinski definition) is 3. The molecule has 0 aliphatic carbocycles. The fraction of sp³-hybridized carbons (Fsp3) is 0.167. The van der Waals surface area contributed by atoms with Gasteiger partial charge in [0.25, 0.3) is 5.91 Å². The van der Waals surface area contributed by atoms with Crippen molar-refractivity contribution in [1.82, 2.24) is 0 Å². The van der Waals surface area contributed by atoms with Crippen LogP contribution >= 0.6 is 11.6 Å². The summed E-state index contributed by atoms with van der Waals surface area (Å²) in [5.74, 6) is -3.25. The highest BCUT2D eigenvalue weighted by molar-refractivity contribution is 6.32. The maximum atomic E-state index is 13.5. The molecule has 102 valence electrons. The van der Waals surface area contributed by atoms with E-state index >= 15 is 0 Å². The lowest BCUT2D eigenvalue weighted by Crippen LogP contribution is -2.17. The minimum atomic E-state index is -1.24. The lowest BCUT2D eigenvalue weighted by molar-refractivity contribution is -0.133. The second-order valence-corrected chi connectivity index (χ2v) is 4.20. The van der Waals surface area contributed by atoms with Gasteiger partial charge in [0.2, 0.25) is 0 Å². The highest BCUT2D eigenvalue weighted by Crippen LogP contribution is 2.29. The molecule has 0 bridgehead atoms. The minimum Gasteiger partial charge on any atom is -0.506 e. The van der Waals surface area contributed by atoms with Gasteiger partial charge in [-0.15, -0.1) is 0 Å². The third kappa shape index (κ3) is 3.45. The van der Waals surface area contributed by atoms with Crippen molar-refractivity contribution in [2.24, 2.45) is 0 Å². The monoisotopic (exact) mass is 287 g/mol. The molecular weight excluding hydrogens is 277 g/mol. The number of phenols is 1. The van der Waals surface area contributed by atoms with Gasteiger partial charge in [0.15, 0.2) is 0 Å². The van der Waals surface area contributed by atoms with Crippen LogP contribution in [0.3, 0.4) is 0 Å². The van der Waals surface area contributed by atoms with Gasteiger partial charge in [-0.05, 0) is 19.9 Å². The molecule has 0 aliphatic rings. The molecule has 1 amide bonds. The van der Waals surface area contributed by atoms with Crippen LogP contribution in [0.1, 0.15) is 13.8 Å². The predicted molar refractivity (Wildman–Crippen MR) is 67.7 cm³/mol. The van der Waals surface area contributed by atoms with Crippen molar-refractivity contribution in [3.63, 3.8) is 0 Å². The van der Waals surface area contributed by atoms with Gasteiger partial charge in [-0.3, -0.25) is 4.79 Å². The highest BCUT2D eigenvalue weighted by Gasteiger charge is 2.15. The summed E-state index contributed by atoms with van der Waals surface area (Å²) in [6.45, 7) is 2.55. The van der Waals surface area contributed by atoms with Gasteiger partial charge >= 0.3 is 5.97 Å². The smallest absolute Gasteiger partial charge is 0.331 e. The van der Waals surface area contributed by atoms with Gasteiger partial charge in [-0.2, -0.15) is 0 Å². The molecule has 7 heteroatoms. The second-order valence-electron chi connectivity index (χ2n) is 3.79. The van der Waals surface area contributed by atoms with E-state index in [1.165, 1.54) is 13.8 Å². The van der Waals surface area contributed by atoms with Crippen LogP contribution in [-0.4, -0.2) is 22.1 Å². The molecule has 0 aliphatic heterocycles. The minimum absolute atomic E-state index is 0.0682. The third-order valence-electron chi connectivity index (χ3n) is 2.51. The number of carbonyl (C=O) groups excluding carboxylic acids is 1. The lowest BCUT2D eigenvalue weighted by atomic mass is 10.1. The number of carboxylic acids is 1. The van der Waals surface area contributed by atoms with Gasteiger partial charge in [0.1, 0.15) is 11.6 Å². The summed E-state index contributed by atoms with van der Waals surface area (Å²) >= 11 is 5.49. The summed E-state index contributed by atoms with van der Waals surface area (Å²) in [4.78, 5) is 22.4. The molecule has 0 spiro atoms. The Morgan fingerprint density at radius 2 is 1.84 bits per heavy atom. The summed E-state index contributed by atoms with van der Waals surface area (Å²) in [6.07, 6.45) is 0. The fourth-order valence-corrected chi connectivity index (χ4v) is 1.33. The SMILES string of the molecule is CC(C(=O)O)=C(C)C(=O)Nc1cc(O)c(Cl)cc1F. The van der Waals surface area contributed by atoms with E-state index in [2.05, 4.69) is 5.32 Å². The Morgan fingerprint density at radius 1 is 1.26 bits per heavy atom. The van der Waals surface area contributed by atoms with Crippen LogP contribution < -0.4 is 5.32 Å². The van der Waals surface area contributed by atoms with Gasteiger partial charge in [0.05, 0.1) is 10.7 Å². The van der Waals surface area contributed by atoms with Gasteiger partial charge in [0, 0.05) is 17.2 Å². The van der Waals surface area contributed by atoms with Crippen LogP contribution in [0.2, 0.25) is 5.02 Å². The van der Waals surface area contributed by atoms with Crippen molar-refractivity contribution in [3.8, 4) is 5.75 Å². The van der Waals surface area contributed by atoms with E-state index in [9.17, 15) is 19.1 Å². The largest absolute Gasteiger partial charge is 0.506 e. The molecule has 5 nitrogen and oxygen atoms in total. The molecule has 0 heterocycles. The fourth-order valence-electron chi connectivity index (χ4n) is 1.18. The molecule has 1 rings (SSSR count). The number of amides is 1.